The molecule has 2 aromatic heterocycles. The van der Waals surface area contributed by atoms with Crippen molar-refractivity contribution in [1.82, 2.24) is 14.1 Å². The third-order valence-corrected chi connectivity index (χ3v) is 2.58. The number of hydrogen-bond donors (Lipinski definition) is 1. The third kappa shape index (κ3) is 2.55. The normalized spacial score (nSPS) is 10.6. The standard InChI is InChI=1S/C12H16N4O/c1-2-5-15-6-7-16(12(15)17)9-10-3-4-14-11(13)8-10/h3-4,6-8H,2,5,9H2,1H3,(H2,13,14). The maximum atomic E-state index is 11.9. The Balaban J connectivity index is 2.22. The topological polar surface area (TPSA) is 65.8 Å². The summed E-state index contributed by atoms with van der Waals surface area (Å²) in [5, 5.41) is 0. The molecule has 0 aliphatic heterocycles. The van der Waals surface area contributed by atoms with Crippen molar-refractivity contribution >= 4 is 5.82 Å². The van der Waals surface area contributed by atoms with Crippen molar-refractivity contribution in [2.75, 3.05) is 5.73 Å². The van der Waals surface area contributed by atoms with Crippen LogP contribution in [0.25, 0.3) is 0 Å². The van der Waals surface area contributed by atoms with E-state index in [1.807, 2.05) is 19.2 Å². The van der Waals surface area contributed by atoms with E-state index >= 15 is 0 Å². The first-order valence-corrected chi connectivity index (χ1v) is 5.66. The van der Waals surface area contributed by atoms with Crippen molar-refractivity contribution in [2.45, 2.75) is 26.4 Å². The summed E-state index contributed by atoms with van der Waals surface area (Å²) < 4.78 is 3.38. The van der Waals surface area contributed by atoms with Crippen LogP contribution in [-0.2, 0) is 13.1 Å². The van der Waals surface area contributed by atoms with Gasteiger partial charge in [0, 0.05) is 25.1 Å². The van der Waals surface area contributed by atoms with Crippen LogP contribution in [0, 0.1) is 0 Å². The molecule has 5 heteroatoms. The van der Waals surface area contributed by atoms with Gasteiger partial charge < -0.3 is 5.73 Å². The highest BCUT2D eigenvalue weighted by atomic mass is 16.1. The molecule has 0 saturated heterocycles. The zero-order valence-corrected chi connectivity index (χ0v) is 9.84. The first-order chi connectivity index (χ1) is 8.20. The minimum absolute atomic E-state index is 0.0160. The van der Waals surface area contributed by atoms with Gasteiger partial charge in [0.05, 0.1) is 6.54 Å². The lowest BCUT2D eigenvalue weighted by Crippen LogP contribution is -2.24. The molecule has 0 amide bonds. The maximum Gasteiger partial charge on any atom is 0.328 e. The van der Waals surface area contributed by atoms with Crippen molar-refractivity contribution < 1.29 is 0 Å². The van der Waals surface area contributed by atoms with Gasteiger partial charge in [-0.3, -0.25) is 9.13 Å². The largest absolute Gasteiger partial charge is 0.384 e. The van der Waals surface area contributed by atoms with E-state index in [-0.39, 0.29) is 5.69 Å². The molecule has 17 heavy (non-hydrogen) atoms. The van der Waals surface area contributed by atoms with Crippen LogP contribution in [0.5, 0.6) is 0 Å². The molecule has 2 aromatic rings. The summed E-state index contributed by atoms with van der Waals surface area (Å²) >= 11 is 0. The Morgan fingerprint density at radius 3 is 2.82 bits per heavy atom. The van der Waals surface area contributed by atoms with Crippen LogP contribution in [0.15, 0.2) is 35.5 Å². The molecule has 90 valence electrons. The fourth-order valence-electron chi connectivity index (χ4n) is 1.77. The number of anilines is 1. The van der Waals surface area contributed by atoms with Crippen molar-refractivity contribution in [1.29, 1.82) is 0 Å². The fourth-order valence-corrected chi connectivity index (χ4v) is 1.77. The van der Waals surface area contributed by atoms with Gasteiger partial charge in [-0.1, -0.05) is 6.92 Å². The molecule has 0 fully saturated rings. The Labute approximate surface area is 99.5 Å². The first-order valence-electron chi connectivity index (χ1n) is 5.66. The molecule has 0 bridgehead atoms. The zero-order chi connectivity index (χ0) is 12.3. The van der Waals surface area contributed by atoms with E-state index in [0.29, 0.717) is 12.4 Å². The van der Waals surface area contributed by atoms with E-state index in [2.05, 4.69) is 4.98 Å². The Morgan fingerprint density at radius 1 is 1.35 bits per heavy atom. The maximum absolute atomic E-state index is 11.9. The molecule has 2 rings (SSSR count). The molecular formula is C12H16N4O. The van der Waals surface area contributed by atoms with E-state index in [4.69, 9.17) is 5.73 Å². The number of aromatic nitrogens is 3. The Bertz CT molecular complexity index is 556. The third-order valence-electron chi connectivity index (χ3n) is 2.58. The van der Waals surface area contributed by atoms with Gasteiger partial charge in [-0.15, -0.1) is 0 Å². The number of nitrogens with two attached hydrogens (primary N) is 1. The van der Waals surface area contributed by atoms with E-state index in [1.165, 1.54) is 0 Å². The van der Waals surface area contributed by atoms with Crippen LogP contribution < -0.4 is 11.4 Å². The quantitative estimate of drug-likeness (QED) is 0.858. The van der Waals surface area contributed by atoms with Gasteiger partial charge in [-0.2, -0.15) is 0 Å². The van der Waals surface area contributed by atoms with E-state index in [1.54, 1.807) is 27.6 Å². The molecule has 0 atom stereocenters. The Hall–Kier alpha value is -2.04. The lowest BCUT2D eigenvalue weighted by molar-refractivity contribution is 0.624. The average Bonchev–Trinajstić information content (AvgIpc) is 2.62. The number of rotatable bonds is 4. The molecule has 2 heterocycles. The molecule has 5 nitrogen and oxygen atoms in total. The van der Waals surface area contributed by atoms with Crippen molar-refractivity contribution in [3.8, 4) is 0 Å². The lowest BCUT2D eigenvalue weighted by Gasteiger charge is -2.02. The highest BCUT2D eigenvalue weighted by molar-refractivity contribution is 5.31. The van der Waals surface area contributed by atoms with Crippen molar-refractivity contribution in [3.63, 3.8) is 0 Å². The second-order valence-corrected chi connectivity index (χ2v) is 3.99. The fraction of sp³-hybridized carbons (Fsp3) is 0.333. The van der Waals surface area contributed by atoms with Crippen LogP contribution in [0.3, 0.4) is 0 Å². The average molecular weight is 232 g/mol. The van der Waals surface area contributed by atoms with Gasteiger partial charge in [-0.05, 0) is 24.1 Å². The summed E-state index contributed by atoms with van der Waals surface area (Å²) in [6.07, 6.45) is 6.22. The predicted molar refractivity (Wildman–Crippen MR) is 66.7 cm³/mol. The van der Waals surface area contributed by atoms with Crippen LogP contribution >= 0.6 is 0 Å². The predicted octanol–water partition coefficient (Wildman–Crippen LogP) is 1.09. The minimum atomic E-state index is 0.0160. The Kier molecular flexibility index (Phi) is 3.27. The molecule has 0 spiro atoms. The van der Waals surface area contributed by atoms with E-state index in [0.717, 1.165) is 18.5 Å². The summed E-state index contributed by atoms with van der Waals surface area (Å²) in [6, 6.07) is 3.64. The van der Waals surface area contributed by atoms with Crippen LogP contribution in [0.4, 0.5) is 5.82 Å². The molecule has 0 aliphatic rings. The zero-order valence-electron chi connectivity index (χ0n) is 9.84. The number of pyridine rings is 1. The SMILES string of the molecule is CCCn1ccn(Cc2ccnc(N)c2)c1=O. The second-order valence-electron chi connectivity index (χ2n) is 3.99. The lowest BCUT2D eigenvalue weighted by atomic mass is 10.2. The summed E-state index contributed by atoms with van der Waals surface area (Å²) in [6.45, 7) is 3.33. The summed E-state index contributed by atoms with van der Waals surface area (Å²) in [5.74, 6) is 0.475. The highest BCUT2D eigenvalue weighted by Crippen LogP contribution is 2.04. The van der Waals surface area contributed by atoms with Crippen molar-refractivity contribution in [2.24, 2.45) is 0 Å². The minimum Gasteiger partial charge on any atom is -0.384 e. The molecule has 0 unspecified atom stereocenters. The summed E-state index contributed by atoms with van der Waals surface area (Å²) in [5.41, 5.74) is 6.60. The van der Waals surface area contributed by atoms with Crippen molar-refractivity contribution in [3.05, 3.63) is 46.8 Å². The number of imidazole rings is 1. The van der Waals surface area contributed by atoms with Gasteiger partial charge in [0.2, 0.25) is 0 Å². The summed E-state index contributed by atoms with van der Waals surface area (Å²) in [4.78, 5) is 15.9. The smallest absolute Gasteiger partial charge is 0.328 e. The Morgan fingerprint density at radius 2 is 2.12 bits per heavy atom. The monoisotopic (exact) mass is 232 g/mol. The molecule has 0 saturated carbocycles. The first kappa shape index (κ1) is 11.4. The van der Waals surface area contributed by atoms with Crippen LogP contribution in [-0.4, -0.2) is 14.1 Å². The number of hydrogen-bond acceptors (Lipinski definition) is 3. The van der Waals surface area contributed by atoms with Gasteiger partial charge in [0.25, 0.3) is 0 Å². The number of nitrogens with zero attached hydrogens (tertiary/aromatic N) is 3. The number of nitrogen functional groups attached to an aromatic ring is 1. The molecule has 0 aromatic carbocycles. The highest BCUT2D eigenvalue weighted by Gasteiger charge is 2.03. The van der Waals surface area contributed by atoms with Gasteiger partial charge in [0.1, 0.15) is 5.82 Å². The van der Waals surface area contributed by atoms with E-state index < -0.39 is 0 Å². The van der Waals surface area contributed by atoms with E-state index in [9.17, 15) is 4.79 Å². The number of aryl methyl sites for hydroxylation is 1. The van der Waals surface area contributed by atoms with Gasteiger partial charge in [-0.25, -0.2) is 9.78 Å². The molecule has 0 radical (unpaired) electrons. The molecular weight excluding hydrogens is 216 g/mol. The second kappa shape index (κ2) is 4.86. The molecule has 2 N–H and O–H groups in total. The van der Waals surface area contributed by atoms with Gasteiger partial charge >= 0.3 is 5.69 Å². The molecule has 0 aliphatic carbocycles. The summed E-state index contributed by atoms with van der Waals surface area (Å²) in [7, 11) is 0. The van der Waals surface area contributed by atoms with Crippen LogP contribution in [0.1, 0.15) is 18.9 Å². The van der Waals surface area contributed by atoms with Crippen LogP contribution in [0.2, 0.25) is 0 Å². The van der Waals surface area contributed by atoms with Gasteiger partial charge in [0.15, 0.2) is 0 Å².